The Morgan fingerprint density at radius 2 is 2.31 bits per heavy atom. The molecule has 0 aliphatic heterocycles. The van der Waals surface area contributed by atoms with Crippen LogP contribution >= 0.6 is 11.6 Å². The van der Waals surface area contributed by atoms with Crippen molar-refractivity contribution in [3.05, 3.63) is 29.0 Å². The molecule has 1 atom stereocenters. The molecule has 2 N–H and O–H groups in total. The van der Waals surface area contributed by atoms with Crippen LogP contribution in [0, 0.1) is 0 Å². The van der Waals surface area contributed by atoms with Crippen molar-refractivity contribution in [2.45, 2.75) is 32.2 Å². The monoisotopic (exact) mass is 198 g/mol. The van der Waals surface area contributed by atoms with Crippen molar-refractivity contribution in [1.82, 2.24) is 4.98 Å². The third-order valence-electron chi connectivity index (χ3n) is 2.02. The lowest BCUT2D eigenvalue weighted by molar-refractivity contribution is 0.602. The predicted octanol–water partition coefficient (Wildman–Crippen LogP) is 2.93. The first-order chi connectivity index (χ1) is 6.24. The number of halogens is 1. The maximum Gasteiger partial charge on any atom is 0.0592 e. The second kappa shape index (κ2) is 5.20. The summed E-state index contributed by atoms with van der Waals surface area (Å²) in [5.41, 5.74) is 6.98. The van der Waals surface area contributed by atoms with E-state index < -0.39 is 0 Å². The van der Waals surface area contributed by atoms with Crippen molar-refractivity contribution in [3.8, 4) is 0 Å². The Bertz CT molecular complexity index is 263. The maximum absolute atomic E-state index is 5.95. The molecule has 0 amide bonds. The summed E-state index contributed by atoms with van der Waals surface area (Å²) in [4.78, 5) is 4.00. The van der Waals surface area contributed by atoms with E-state index in [1.807, 2.05) is 6.07 Å². The molecule has 0 bridgehead atoms. The van der Waals surface area contributed by atoms with Gasteiger partial charge in [-0.05, 0) is 18.1 Å². The van der Waals surface area contributed by atoms with Gasteiger partial charge in [-0.2, -0.15) is 0 Å². The van der Waals surface area contributed by atoms with E-state index in [9.17, 15) is 0 Å². The zero-order valence-electron chi connectivity index (χ0n) is 7.83. The Balaban J connectivity index is 2.60. The van der Waals surface area contributed by atoms with E-state index in [4.69, 9.17) is 17.3 Å². The highest BCUT2D eigenvalue weighted by Gasteiger charge is 2.05. The zero-order valence-corrected chi connectivity index (χ0v) is 8.59. The van der Waals surface area contributed by atoms with Crippen molar-refractivity contribution in [3.63, 3.8) is 0 Å². The van der Waals surface area contributed by atoms with Crippen molar-refractivity contribution < 1.29 is 0 Å². The molecular formula is C10H15ClN2. The van der Waals surface area contributed by atoms with Crippen molar-refractivity contribution in [2.75, 3.05) is 0 Å². The fourth-order valence-corrected chi connectivity index (χ4v) is 1.40. The van der Waals surface area contributed by atoms with Crippen LogP contribution in [0.1, 0.15) is 37.8 Å². The minimum atomic E-state index is 0.0751. The van der Waals surface area contributed by atoms with Gasteiger partial charge in [-0.15, -0.1) is 0 Å². The molecule has 0 unspecified atom stereocenters. The van der Waals surface area contributed by atoms with E-state index in [2.05, 4.69) is 11.9 Å². The van der Waals surface area contributed by atoms with Crippen LogP contribution in [-0.2, 0) is 0 Å². The summed E-state index contributed by atoms with van der Waals surface area (Å²) >= 11 is 5.80. The van der Waals surface area contributed by atoms with E-state index in [1.165, 1.54) is 6.42 Å². The normalized spacial score (nSPS) is 12.8. The summed E-state index contributed by atoms with van der Waals surface area (Å²) in [6.07, 6.45) is 6.72. The Morgan fingerprint density at radius 1 is 1.54 bits per heavy atom. The number of nitrogens with zero attached hydrogens (tertiary/aromatic N) is 1. The molecule has 2 nitrogen and oxygen atoms in total. The SMILES string of the molecule is CCCC[C@@H](N)c1cncc(Cl)c1. The molecule has 1 rings (SSSR count). The molecule has 0 aliphatic carbocycles. The molecule has 1 aromatic heterocycles. The van der Waals surface area contributed by atoms with Gasteiger partial charge in [-0.3, -0.25) is 4.98 Å². The van der Waals surface area contributed by atoms with Crippen LogP contribution in [0.25, 0.3) is 0 Å². The van der Waals surface area contributed by atoms with Gasteiger partial charge >= 0.3 is 0 Å². The summed E-state index contributed by atoms with van der Waals surface area (Å²) in [7, 11) is 0. The quantitative estimate of drug-likeness (QED) is 0.808. The summed E-state index contributed by atoms with van der Waals surface area (Å²) in [6.45, 7) is 2.16. The fourth-order valence-electron chi connectivity index (χ4n) is 1.22. The van der Waals surface area contributed by atoms with E-state index in [-0.39, 0.29) is 6.04 Å². The first-order valence-corrected chi connectivity index (χ1v) is 4.98. The van der Waals surface area contributed by atoms with Crippen LogP contribution in [0.4, 0.5) is 0 Å². The molecular weight excluding hydrogens is 184 g/mol. The van der Waals surface area contributed by atoms with Gasteiger partial charge in [0.2, 0.25) is 0 Å². The fraction of sp³-hybridized carbons (Fsp3) is 0.500. The summed E-state index contributed by atoms with van der Waals surface area (Å²) < 4.78 is 0. The van der Waals surface area contributed by atoms with Crippen LogP contribution in [-0.4, -0.2) is 4.98 Å². The third kappa shape index (κ3) is 3.33. The molecule has 0 saturated heterocycles. The topological polar surface area (TPSA) is 38.9 Å². The lowest BCUT2D eigenvalue weighted by Gasteiger charge is -2.10. The minimum absolute atomic E-state index is 0.0751. The van der Waals surface area contributed by atoms with Crippen molar-refractivity contribution in [1.29, 1.82) is 0 Å². The Morgan fingerprint density at radius 3 is 2.92 bits per heavy atom. The highest BCUT2D eigenvalue weighted by atomic mass is 35.5. The molecule has 0 radical (unpaired) electrons. The minimum Gasteiger partial charge on any atom is -0.324 e. The molecule has 72 valence electrons. The number of rotatable bonds is 4. The Hall–Kier alpha value is -0.600. The lowest BCUT2D eigenvalue weighted by atomic mass is 10.0. The maximum atomic E-state index is 5.95. The smallest absolute Gasteiger partial charge is 0.0592 e. The molecule has 1 aromatic rings. The molecule has 3 heteroatoms. The summed E-state index contributed by atoms with van der Waals surface area (Å²) in [5, 5.41) is 0.657. The molecule has 0 aliphatic rings. The number of hydrogen-bond acceptors (Lipinski definition) is 2. The first-order valence-electron chi connectivity index (χ1n) is 4.60. The molecule has 0 aromatic carbocycles. The van der Waals surface area contributed by atoms with Crippen molar-refractivity contribution in [2.24, 2.45) is 5.73 Å². The summed E-state index contributed by atoms with van der Waals surface area (Å²) in [6, 6.07) is 1.96. The van der Waals surface area contributed by atoms with Gasteiger partial charge in [-0.1, -0.05) is 31.4 Å². The molecule has 1 heterocycles. The van der Waals surface area contributed by atoms with Crippen molar-refractivity contribution >= 4 is 11.6 Å². The molecule has 0 fully saturated rings. The molecule has 13 heavy (non-hydrogen) atoms. The highest BCUT2D eigenvalue weighted by Crippen LogP contribution is 2.18. The third-order valence-corrected chi connectivity index (χ3v) is 2.23. The van der Waals surface area contributed by atoms with Gasteiger partial charge in [0.15, 0.2) is 0 Å². The van der Waals surface area contributed by atoms with Crippen LogP contribution in [0.5, 0.6) is 0 Å². The van der Waals surface area contributed by atoms with Gasteiger partial charge in [0, 0.05) is 18.4 Å². The lowest BCUT2D eigenvalue weighted by Crippen LogP contribution is -2.10. The second-order valence-corrected chi connectivity index (χ2v) is 3.62. The van der Waals surface area contributed by atoms with E-state index in [0.717, 1.165) is 18.4 Å². The Kier molecular flexibility index (Phi) is 4.19. The number of nitrogens with two attached hydrogens (primary N) is 1. The largest absolute Gasteiger partial charge is 0.324 e. The van der Waals surface area contributed by atoms with Gasteiger partial charge in [-0.25, -0.2) is 0 Å². The molecule has 0 saturated carbocycles. The zero-order chi connectivity index (χ0) is 9.68. The van der Waals surface area contributed by atoms with E-state index >= 15 is 0 Å². The predicted molar refractivity (Wildman–Crippen MR) is 55.7 cm³/mol. The van der Waals surface area contributed by atoms with Crippen LogP contribution in [0.15, 0.2) is 18.5 Å². The first kappa shape index (κ1) is 10.5. The van der Waals surface area contributed by atoms with Gasteiger partial charge in [0.05, 0.1) is 5.02 Å². The molecule has 0 spiro atoms. The second-order valence-electron chi connectivity index (χ2n) is 3.19. The average Bonchev–Trinajstić information content (AvgIpc) is 2.14. The summed E-state index contributed by atoms with van der Waals surface area (Å²) in [5.74, 6) is 0. The number of unbranched alkanes of at least 4 members (excludes halogenated alkanes) is 1. The number of pyridine rings is 1. The highest BCUT2D eigenvalue weighted by molar-refractivity contribution is 6.30. The average molecular weight is 199 g/mol. The number of hydrogen-bond donors (Lipinski definition) is 1. The Labute approximate surface area is 84.1 Å². The van der Waals surface area contributed by atoms with Gasteiger partial charge in [0.1, 0.15) is 0 Å². The van der Waals surface area contributed by atoms with E-state index in [0.29, 0.717) is 5.02 Å². The standard InChI is InChI=1S/C10H15ClN2/c1-2-3-4-10(12)8-5-9(11)7-13-6-8/h5-7,10H,2-4,12H2,1H3/t10-/m1/s1. The number of aromatic nitrogens is 1. The van der Waals surface area contributed by atoms with Crippen LogP contribution in [0.3, 0.4) is 0 Å². The van der Waals surface area contributed by atoms with Gasteiger partial charge in [0.25, 0.3) is 0 Å². The van der Waals surface area contributed by atoms with Gasteiger partial charge < -0.3 is 5.73 Å². The van der Waals surface area contributed by atoms with E-state index in [1.54, 1.807) is 12.4 Å². The van der Waals surface area contributed by atoms with Crippen LogP contribution < -0.4 is 5.73 Å². The van der Waals surface area contributed by atoms with Crippen LogP contribution in [0.2, 0.25) is 5.02 Å².